The van der Waals surface area contributed by atoms with Gasteiger partial charge in [0.15, 0.2) is 5.82 Å². The molecular weight excluding hydrogens is 480 g/mol. The molecule has 0 radical (unpaired) electrons. The van der Waals surface area contributed by atoms with Crippen LogP contribution in [0.4, 0.5) is 10.6 Å². The van der Waals surface area contributed by atoms with Crippen LogP contribution < -0.4 is 5.32 Å². The van der Waals surface area contributed by atoms with Gasteiger partial charge in [-0.2, -0.15) is 0 Å². The maximum atomic E-state index is 12.8. The van der Waals surface area contributed by atoms with Gasteiger partial charge in [-0.1, -0.05) is 19.3 Å². The standard InChI is InChI=1S/C18H26Br2N4O3/c1-11(16(25)23-15-14(20)22-13(19)10-21-15)24(12-8-6-5-7-9-12)17(26)27-18(2,3)4/h10-12H,5-9H2,1-4H3,(H,21,23,25). The van der Waals surface area contributed by atoms with Crippen LogP contribution in [0.5, 0.6) is 0 Å². The van der Waals surface area contributed by atoms with Crippen molar-refractivity contribution in [1.82, 2.24) is 14.9 Å². The van der Waals surface area contributed by atoms with Crippen LogP contribution in [0.2, 0.25) is 0 Å². The second kappa shape index (κ2) is 9.32. The van der Waals surface area contributed by atoms with Crippen molar-refractivity contribution in [3.8, 4) is 0 Å². The maximum absolute atomic E-state index is 12.8. The molecule has 27 heavy (non-hydrogen) atoms. The van der Waals surface area contributed by atoms with Crippen molar-refractivity contribution in [2.24, 2.45) is 0 Å². The fourth-order valence-electron chi connectivity index (χ4n) is 3.08. The van der Waals surface area contributed by atoms with Gasteiger partial charge < -0.3 is 10.1 Å². The molecule has 9 heteroatoms. The monoisotopic (exact) mass is 504 g/mol. The number of amides is 2. The fourth-order valence-corrected chi connectivity index (χ4v) is 3.99. The highest BCUT2D eigenvalue weighted by Crippen LogP contribution is 2.27. The molecule has 1 aromatic rings. The number of nitrogens with one attached hydrogen (secondary N) is 1. The molecule has 1 heterocycles. The van der Waals surface area contributed by atoms with E-state index in [0.717, 1.165) is 32.1 Å². The zero-order valence-corrected chi connectivity index (χ0v) is 19.3. The first kappa shape index (κ1) is 22.1. The predicted octanol–water partition coefficient (Wildman–Crippen LogP) is 4.90. The predicted molar refractivity (Wildman–Crippen MR) is 110 cm³/mol. The number of carbonyl (C=O) groups is 2. The number of hydrogen-bond acceptors (Lipinski definition) is 5. The number of halogens is 2. The number of ether oxygens (including phenoxy) is 1. The quantitative estimate of drug-likeness (QED) is 0.629. The van der Waals surface area contributed by atoms with Crippen molar-refractivity contribution in [1.29, 1.82) is 0 Å². The van der Waals surface area contributed by atoms with Gasteiger partial charge in [0.1, 0.15) is 20.8 Å². The van der Waals surface area contributed by atoms with Gasteiger partial charge in [0.25, 0.3) is 0 Å². The lowest BCUT2D eigenvalue weighted by Gasteiger charge is -2.38. The molecule has 0 aliphatic heterocycles. The largest absolute Gasteiger partial charge is 0.444 e. The first-order valence-electron chi connectivity index (χ1n) is 9.08. The van der Waals surface area contributed by atoms with Crippen molar-refractivity contribution in [2.75, 3.05) is 5.32 Å². The van der Waals surface area contributed by atoms with Gasteiger partial charge in [-0.25, -0.2) is 14.8 Å². The summed E-state index contributed by atoms with van der Waals surface area (Å²) in [5.74, 6) is -0.0217. The summed E-state index contributed by atoms with van der Waals surface area (Å²) >= 11 is 6.51. The summed E-state index contributed by atoms with van der Waals surface area (Å²) in [5, 5.41) is 2.74. The van der Waals surface area contributed by atoms with E-state index in [1.165, 1.54) is 6.20 Å². The molecule has 0 spiro atoms. The molecule has 0 aromatic carbocycles. The number of anilines is 1. The van der Waals surface area contributed by atoms with Crippen molar-refractivity contribution in [2.45, 2.75) is 77.5 Å². The maximum Gasteiger partial charge on any atom is 0.411 e. The Morgan fingerprint density at radius 1 is 1.26 bits per heavy atom. The van der Waals surface area contributed by atoms with Gasteiger partial charge in [0, 0.05) is 6.04 Å². The third kappa shape index (κ3) is 6.41. The van der Waals surface area contributed by atoms with Crippen LogP contribution in [-0.4, -0.2) is 44.6 Å². The summed E-state index contributed by atoms with van der Waals surface area (Å²) in [5.41, 5.74) is -0.625. The van der Waals surface area contributed by atoms with Gasteiger partial charge >= 0.3 is 6.09 Å². The topological polar surface area (TPSA) is 84.4 Å². The molecule has 0 bridgehead atoms. The summed E-state index contributed by atoms with van der Waals surface area (Å²) in [4.78, 5) is 35.6. The van der Waals surface area contributed by atoms with Crippen molar-refractivity contribution < 1.29 is 14.3 Å². The van der Waals surface area contributed by atoms with Crippen LogP contribution in [-0.2, 0) is 9.53 Å². The van der Waals surface area contributed by atoms with Crippen molar-refractivity contribution >= 4 is 49.7 Å². The minimum atomic E-state index is -0.694. The zero-order chi connectivity index (χ0) is 20.2. The Balaban J connectivity index is 2.19. The Morgan fingerprint density at radius 3 is 2.44 bits per heavy atom. The summed E-state index contributed by atoms with van der Waals surface area (Å²) < 4.78 is 6.55. The van der Waals surface area contributed by atoms with Gasteiger partial charge in [0.05, 0.1) is 6.20 Å². The van der Waals surface area contributed by atoms with E-state index >= 15 is 0 Å². The van der Waals surface area contributed by atoms with E-state index in [-0.39, 0.29) is 11.9 Å². The molecule has 1 aliphatic carbocycles. The van der Waals surface area contributed by atoms with E-state index in [2.05, 4.69) is 47.1 Å². The van der Waals surface area contributed by atoms with E-state index in [0.29, 0.717) is 15.0 Å². The highest BCUT2D eigenvalue weighted by atomic mass is 79.9. The molecule has 7 nitrogen and oxygen atoms in total. The Labute approximate surface area is 176 Å². The van der Waals surface area contributed by atoms with Crippen molar-refractivity contribution in [3.05, 3.63) is 15.4 Å². The first-order valence-corrected chi connectivity index (χ1v) is 10.7. The number of carbonyl (C=O) groups excluding carboxylic acids is 2. The van der Waals surface area contributed by atoms with Crippen LogP contribution >= 0.6 is 31.9 Å². The zero-order valence-electron chi connectivity index (χ0n) is 16.1. The smallest absolute Gasteiger partial charge is 0.411 e. The molecule has 1 unspecified atom stereocenters. The average molecular weight is 506 g/mol. The molecule has 2 rings (SSSR count). The van der Waals surface area contributed by atoms with E-state index in [1.54, 1.807) is 11.8 Å². The van der Waals surface area contributed by atoms with E-state index in [4.69, 9.17) is 4.74 Å². The normalized spacial score (nSPS) is 16.5. The SMILES string of the molecule is CC(C(=O)Nc1ncc(Br)nc1Br)N(C(=O)OC(C)(C)C)C1CCCCC1. The molecule has 1 saturated carbocycles. The van der Waals surface area contributed by atoms with Gasteiger partial charge in [-0.15, -0.1) is 0 Å². The summed E-state index contributed by atoms with van der Waals surface area (Å²) in [6.45, 7) is 7.18. The lowest BCUT2D eigenvalue weighted by atomic mass is 9.93. The van der Waals surface area contributed by atoms with E-state index in [1.807, 2.05) is 20.8 Å². The summed E-state index contributed by atoms with van der Waals surface area (Å²) in [7, 11) is 0. The molecule has 0 saturated heterocycles. The Bertz CT molecular complexity index is 688. The first-order chi connectivity index (χ1) is 12.6. The second-order valence-corrected chi connectivity index (χ2v) is 9.24. The highest BCUT2D eigenvalue weighted by Gasteiger charge is 2.36. The van der Waals surface area contributed by atoms with E-state index in [9.17, 15) is 9.59 Å². The Hall–Kier alpha value is -1.22. The number of hydrogen-bond donors (Lipinski definition) is 1. The van der Waals surface area contributed by atoms with Gasteiger partial charge in [-0.3, -0.25) is 9.69 Å². The average Bonchev–Trinajstić information content (AvgIpc) is 2.56. The van der Waals surface area contributed by atoms with Crippen molar-refractivity contribution in [3.63, 3.8) is 0 Å². The Morgan fingerprint density at radius 2 is 1.89 bits per heavy atom. The summed E-state index contributed by atoms with van der Waals surface area (Å²) in [6.07, 6.45) is 6.03. The van der Waals surface area contributed by atoms with Crippen LogP contribution in [0, 0.1) is 0 Å². The third-order valence-electron chi connectivity index (χ3n) is 4.31. The molecule has 1 aromatic heterocycles. The minimum absolute atomic E-state index is 0.00575. The molecule has 150 valence electrons. The highest BCUT2D eigenvalue weighted by molar-refractivity contribution is 9.11. The molecule has 2 amide bonds. The number of aromatic nitrogens is 2. The summed E-state index contributed by atoms with van der Waals surface area (Å²) in [6, 6.07) is -0.700. The van der Waals surface area contributed by atoms with E-state index < -0.39 is 17.7 Å². The lowest BCUT2D eigenvalue weighted by Crippen LogP contribution is -2.53. The molecule has 1 atom stereocenters. The van der Waals surface area contributed by atoms with Crippen LogP contribution in [0.1, 0.15) is 59.8 Å². The minimum Gasteiger partial charge on any atom is -0.444 e. The number of nitrogens with zero attached hydrogens (tertiary/aromatic N) is 3. The van der Waals surface area contributed by atoms with Gasteiger partial charge in [-0.05, 0) is 72.4 Å². The van der Waals surface area contributed by atoms with Crippen LogP contribution in [0.25, 0.3) is 0 Å². The van der Waals surface area contributed by atoms with Gasteiger partial charge in [0.2, 0.25) is 5.91 Å². The number of rotatable bonds is 4. The lowest BCUT2D eigenvalue weighted by molar-refractivity contribution is -0.122. The molecule has 1 aliphatic rings. The molecule has 1 fully saturated rings. The second-order valence-electron chi connectivity index (χ2n) is 7.68. The Kier molecular flexibility index (Phi) is 7.62. The molecule has 1 N–H and O–H groups in total. The molecular formula is C18H26Br2N4O3. The third-order valence-corrected chi connectivity index (χ3v) is 5.25. The fraction of sp³-hybridized carbons (Fsp3) is 0.667. The van der Waals surface area contributed by atoms with Crippen LogP contribution in [0.15, 0.2) is 15.4 Å². The van der Waals surface area contributed by atoms with Crippen LogP contribution in [0.3, 0.4) is 0 Å².